The Morgan fingerprint density at radius 3 is 2.64 bits per heavy atom. The van der Waals surface area contributed by atoms with Gasteiger partial charge in [0.2, 0.25) is 0 Å². The molecule has 4 heteroatoms. The van der Waals surface area contributed by atoms with Crippen LogP contribution in [0.4, 0.5) is 4.39 Å². The Balaban J connectivity index is 3.35. The molecule has 0 N–H and O–H groups in total. The molecule has 0 fully saturated rings. The SMILES string of the molecule is N#CCc1cc(C#N)c(F)c(C=O)c1. The van der Waals surface area contributed by atoms with Crippen LogP contribution in [0.25, 0.3) is 0 Å². The Labute approximate surface area is 80.0 Å². The van der Waals surface area contributed by atoms with E-state index in [1.807, 2.05) is 6.07 Å². The second-order valence-electron chi connectivity index (χ2n) is 2.61. The lowest BCUT2D eigenvalue weighted by molar-refractivity contribution is 0.111. The van der Waals surface area contributed by atoms with Crippen LogP contribution in [0.15, 0.2) is 12.1 Å². The lowest BCUT2D eigenvalue weighted by Crippen LogP contribution is -1.95. The number of benzene rings is 1. The van der Waals surface area contributed by atoms with Gasteiger partial charge in [0.1, 0.15) is 6.07 Å². The molecule has 0 saturated heterocycles. The molecule has 1 rings (SSSR count). The van der Waals surface area contributed by atoms with Crippen molar-refractivity contribution < 1.29 is 9.18 Å². The number of carbonyl (C=O) groups is 1. The van der Waals surface area contributed by atoms with Gasteiger partial charge in [-0.05, 0) is 17.7 Å². The van der Waals surface area contributed by atoms with Crippen LogP contribution in [0.3, 0.4) is 0 Å². The Morgan fingerprint density at radius 2 is 2.14 bits per heavy atom. The molecular weight excluding hydrogens is 183 g/mol. The summed E-state index contributed by atoms with van der Waals surface area (Å²) < 4.78 is 13.2. The quantitative estimate of drug-likeness (QED) is 0.661. The monoisotopic (exact) mass is 188 g/mol. The van der Waals surface area contributed by atoms with E-state index in [4.69, 9.17) is 10.5 Å². The van der Waals surface area contributed by atoms with E-state index in [2.05, 4.69) is 0 Å². The van der Waals surface area contributed by atoms with Crippen molar-refractivity contribution in [2.45, 2.75) is 6.42 Å². The number of hydrogen-bond donors (Lipinski definition) is 0. The molecule has 1 aromatic carbocycles. The second-order valence-corrected chi connectivity index (χ2v) is 2.61. The predicted molar refractivity (Wildman–Crippen MR) is 45.8 cm³/mol. The third kappa shape index (κ3) is 1.75. The molecule has 3 nitrogen and oxygen atoms in total. The second kappa shape index (κ2) is 4.15. The summed E-state index contributed by atoms with van der Waals surface area (Å²) in [7, 11) is 0. The minimum absolute atomic E-state index is 0.0514. The summed E-state index contributed by atoms with van der Waals surface area (Å²) in [5.41, 5.74) is 0.0710. The molecule has 0 bridgehead atoms. The highest BCUT2D eigenvalue weighted by Gasteiger charge is 2.09. The van der Waals surface area contributed by atoms with Gasteiger partial charge in [-0.15, -0.1) is 0 Å². The fourth-order valence-electron chi connectivity index (χ4n) is 1.07. The topological polar surface area (TPSA) is 64.7 Å². The van der Waals surface area contributed by atoms with Gasteiger partial charge in [-0.25, -0.2) is 4.39 Å². The van der Waals surface area contributed by atoms with Gasteiger partial charge in [0.05, 0.1) is 23.6 Å². The van der Waals surface area contributed by atoms with Gasteiger partial charge < -0.3 is 0 Å². The zero-order valence-electron chi connectivity index (χ0n) is 7.12. The summed E-state index contributed by atoms with van der Waals surface area (Å²) in [5.74, 6) is -0.829. The molecule has 1 aromatic rings. The number of halogens is 1. The number of nitriles is 2. The highest BCUT2D eigenvalue weighted by atomic mass is 19.1. The maximum absolute atomic E-state index is 13.2. The molecule has 14 heavy (non-hydrogen) atoms. The molecule has 0 spiro atoms. The summed E-state index contributed by atoms with van der Waals surface area (Å²) in [6.45, 7) is 0. The smallest absolute Gasteiger partial charge is 0.153 e. The molecule has 0 saturated carbocycles. The normalized spacial score (nSPS) is 8.79. The van der Waals surface area contributed by atoms with Gasteiger partial charge in [0.25, 0.3) is 0 Å². The number of nitrogens with zero attached hydrogens (tertiary/aromatic N) is 2. The van der Waals surface area contributed by atoms with Gasteiger partial charge in [-0.3, -0.25) is 4.79 Å². The molecule has 0 radical (unpaired) electrons. The van der Waals surface area contributed by atoms with Crippen molar-refractivity contribution in [3.63, 3.8) is 0 Å². The van der Waals surface area contributed by atoms with Crippen molar-refractivity contribution in [3.05, 3.63) is 34.6 Å². The zero-order valence-corrected chi connectivity index (χ0v) is 7.12. The molecule has 0 aliphatic heterocycles. The van der Waals surface area contributed by atoms with E-state index < -0.39 is 5.82 Å². The summed E-state index contributed by atoms with van der Waals surface area (Å²) >= 11 is 0. The van der Waals surface area contributed by atoms with Gasteiger partial charge in [0, 0.05) is 0 Å². The van der Waals surface area contributed by atoms with Crippen molar-refractivity contribution in [1.82, 2.24) is 0 Å². The van der Waals surface area contributed by atoms with Crippen LogP contribution in [0.1, 0.15) is 21.5 Å². The standard InChI is InChI=1S/C10H5FN2O/c11-10-8(5-13)3-7(1-2-12)4-9(10)6-14/h3-4,6H,1H2. The van der Waals surface area contributed by atoms with E-state index in [1.165, 1.54) is 12.1 Å². The first-order valence-corrected chi connectivity index (χ1v) is 3.77. The van der Waals surface area contributed by atoms with Crippen LogP contribution in [0.5, 0.6) is 0 Å². The highest BCUT2D eigenvalue weighted by molar-refractivity contribution is 5.76. The summed E-state index contributed by atoms with van der Waals surface area (Å²) in [5, 5.41) is 16.9. The third-order valence-corrected chi connectivity index (χ3v) is 1.69. The average molecular weight is 188 g/mol. The van der Waals surface area contributed by atoms with Crippen LogP contribution >= 0.6 is 0 Å². The van der Waals surface area contributed by atoms with Crippen molar-refractivity contribution >= 4 is 6.29 Å². The Bertz CT molecular complexity index is 454. The average Bonchev–Trinajstić information content (AvgIpc) is 2.20. The van der Waals surface area contributed by atoms with Crippen molar-refractivity contribution in [3.8, 4) is 12.1 Å². The molecule has 0 amide bonds. The van der Waals surface area contributed by atoms with Crippen LogP contribution < -0.4 is 0 Å². The summed E-state index contributed by atoms with van der Waals surface area (Å²) in [6, 6.07) is 6.02. The first-order chi connectivity index (χ1) is 6.72. The van der Waals surface area contributed by atoms with Crippen molar-refractivity contribution in [1.29, 1.82) is 10.5 Å². The minimum atomic E-state index is -0.829. The molecule has 0 aliphatic rings. The number of rotatable bonds is 2. The summed E-state index contributed by atoms with van der Waals surface area (Å²) in [4.78, 5) is 10.4. The van der Waals surface area contributed by atoms with Crippen molar-refractivity contribution in [2.75, 3.05) is 0 Å². The fraction of sp³-hybridized carbons (Fsp3) is 0.100. The lowest BCUT2D eigenvalue weighted by Gasteiger charge is -2.00. The number of carbonyl (C=O) groups excluding carboxylic acids is 1. The molecular formula is C10H5FN2O. The largest absolute Gasteiger partial charge is 0.298 e. The Kier molecular flexibility index (Phi) is 2.93. The fourth-order valence-corrected chi connectivity index (χ4v) is 1.07. The van der Waals surface area contributed by atoms with Crippen LogP contribution in [-0.2, 0) is 6.42 Å². The van der Waals surface area contributed by atoms with E-state index in [0.717, 1.165) is 0 Å². The number of aldehydes is 1. The lowest BCUT2D eigenvalue weighted by atomic mass is 10.0. The number of hydrogen-bond acceptors (Lipinski definition) is 3. The van der Waals surface area contributed by atoms with Crippen molar-refractivity contribution in [2.24, 2.45) is 0 Å². The Morgan fingerprint density at radius 1 is 1.43 bits per heavy atom. The zero-order chi connectivity index (χ0) is 10.6. The van der Waals surface area contributed by atoms with Gasteiger partial charge >= 0.3 is 0 Å². The van der Waals surface area contributed by atoms with Gasteiger partial charge in [-0.2, -0.15) is 10.5 Å². The first-order valence-electron chi connectivity index (χ1n) is 3.77. The molecule has 0 aliphatic carbocycles. The van der Waals surface area contributed by atoms with Crippen LogP contribution in [-0.4, -0.2) is 6.29 Å². The van der Waals surface area contributed by atoms with E-state index >= 15 is 0 Å². The van der Waals surface area contributed by atoms with Crippen LogP contribution in [0.2, 0.25) is 0 Å². The first kappa shape index (κ1) is 9.88. The Hall–Kier alpha value is -2.20. The molecule has 68 valence electrons. The van der Waals surface area contributed by atoms with Crippen LogP contribution in [0, 0.1) is 28.5 Å². The molecule has 0 unspecified atom stereocenters. The third-order valence-electron chi connectivity index (χ3n) is 1.69. The molecule has 0 atom stereocenters. The summed E-state index contributed by atoms with van der Waals surface area (Å²) in [6.07, 6.45) is 0.382. The van der Waals surface area contributed by atoms with Gasteiger partial charge in [0.15, 0.2) is 12.1 Å². The van der Waals surface area contributed by atoms with Gasteiger partial charge in [-0.1, -0.05) is 0 Å². The minimum Gasteiger partial charge on any atom is -0.298 e. The highest BCUT2D eigenvalue weighted by Crippen LogP contribution is 2.14. The predicted octanol–water partition coefficient (Wildman–Crippen LogP) is 1.58. The van der Waals surface area contributed by atoms with E-state index in [1.54, 1.807) is 6.07 Å². The maximum atomic E-state index is 13.2. The molecule has 0 aromatic heterocycles. The van der Waals surface area contributed by atoms with E-state index in [0.29, 0.717) is 11.8 Å². The van der Waals surface area contributed by atoms with E-state index in [-0.39, 0.29) is 17.5 Å². The maximum Gasteiger partial charge on any atom is 0.153 e. The molecule has 0 heterocycles. The van der Waals surface area contributed by atoms with E-state index in [9.17, 15) is 9.18 Å².